The Labute approximate surface area is 125 Å². The molecule has 1 unspecified atom stereocenters. The van der Waals surface area contributed by atoms with Crippen molar-refractivity contribution < 1.29 is 24.8 Å². The van der Waals surface area contributed by atoms with Crippen molar-refractivity contribution in [2.45, 2.75) is 19.3 Å². The molecule has 0 bridgehead atoms. The third-order valence-electron chi connectivity index (χ3n) is 3.34. The normalized spacial score (nSPS) is 12.4. The van der Waals surface area contributed by atoms with Crippen LogP contribution in [0, 0.1) is 5.82 Å². The lowest BCUT2D eigenvalue weighted by atomic mass is 10.0. The predicted molar refractivity (Wildman–Crippen MR) is 75.8 cm³/mol. The Balaban J connectivity index is 2.63. The monoisotopic (exact) mass is 309 g/mol. The van der Waals surface area contributed by atoms with Crippen molar-refractivity contribution in [1.82, 2.24) is 4.57 Å². The van der Waals surface area contributed by atoms with Gasteiger partial charge >= 0.3 is 0 Å². The maximum Gasteiger partial charge on any atom is 0.223 e. The van der Waals surface area contributed by atoms with Crippen LogP contribution in [0.25, 0.3) is 0 Å². The highest BCUT2D eigenvalue weighted by Gasteiger charge is 2.22. The summed E-state index contributed by atoms with van der Waals surface area (Å²) < 4.78 is 14.2. The third kappa shape index (κ3) is 3.01. The van der Waals surface area contributed by atoms with Gasteiger partial charge in [-0.1, -0.05) is 12.1 Å². The maximum absolute atomic E-state index is 13.0. The molecule has 1 heterocycles. The van der Waals surface area contributed by atoms with Gasteiger partial charge in [-0.25, -0.2) is 4.39 Å². The molecular formula is C15H16FNO5. The molecular weight excluding hydrogens is 293 g/mol. The summed E-state index contributed by atoms with van der Waals surface area (Å²) in [6.07, 6.45) is -1.41. The van der Waals surface area contributed by atoms with Crippen LogP contribution in [0.5, 0.6) is 5.75 Å². The molecule has 2 aromatic rings. The molecule has 4 N–H and O–H groups in total. The molecule has 0 radical (unpaired) electrons. The van der Waals surface area contributed by atoms with Crippen molar-refractivity contribution in [2.75, 3.05) is 6.61 Å². The largest absolute Gasteiger partial charge is 0.503 e. The lowest BCUT2D eigenvalue weighted by molar-refractivity contribution is 0.190. The predicted octanol–water partition coefficient (Wildman–Crippen LogP) is 0.259. The average Bonchev–Trinajstić information content (AvgIpc) is 2.51. The van der Waals surface area contributed by atoms with E-state index in [1.54, 1.807) is 0 Å². The fourth-order valence-electron chi connectivity index (χ4n) is 2.28. The van der Waals surface area contributed by atoms with Gasteiger partial charge < -0.3 is 25.0 Å². The fraction of sp³-hybridized carbons (Fsp3) is 0.267. The van der Waals surface area contributed by atoms with E-state index in [4.69, 9.17) is 5.11 Å². The molecule has 0 aliphatic carbocycles. The molecule has 1 aromatic carbocycles. The molecule has 1 atom stereocenters. The number of aromatic nitrogens is 1. The highest BCUT2D eigenvalue weighted by molar-refractivity contribution is 5.37. The van der Waals surface area contributed by atoms with Gasteiger partial charge in [-0.05, 0) is 17.7 Å². The van der Waals surface area contributed by atoms with E-state index < -0.39 is 29.7 Å². The maximum atomic E-state index is 13.0. The second kappa shape index (κ2) is 6.69. The molecule has 6 nitrogen and oxygen atoms in total. The topological polar surface area (TPSA) is 103 Å². The van der Waals surface area contributed by atoms with E-state index in [0.717, 1.165) is 18.2 Å². The van der Waals surface area contributed by atoms with Crippen molar-refractivity contribution in [2.24, 2.45) is 0 Å². The van der Waals surface area contributed by atoms with E-state index in [0.29, 0.717) is 0 Å². The van der Waals surface area contributed by atoms with Gasteiger partial charge in [-0.3, -0.25) is 4.79 Å². The number of halogens is 1. The third-order valence-corrected chi connectivity index (χ3v) is 3.34. The van der Waals surface area contributed by atoms with Gasteiger partial charge in [0.05, 0.1) is 18.9 Å². The Morgan fingerprint density at radius 1 is 1.18 bits per heavy atom. The van der Waals surface area contributed by atoms with Crippen LogP contribution in [0.4, 0.5) is 4.39 Å². The fourth-order valence-corrected chi connectivity index (χ4v) is 2.28. The summed E-state index contributed by atoms with van der Waals surface area (Å²) in [7, 11) is 0. The van der Waals surface area contributed by atoms with E-state index in [-0.39, 0.29) is 30.1 Å². The summed E-state index contributed by atoms with van der Waals surface area (Å²) in [6, 6.07) is 5.95. The van der Waals surface area contributed by atoms with Crippen LogP contribution in [-0.4, -0.2) is 31.6 Å². The smallest absolute Gasteiger partial charge is 0.223 e. The molecule has 7 heteroatoms. The van der Waals surface area contributed by atoms with Gasteiger partial charge in [-0.2, -0.15) is 0 Å². The van der Waals surface area contributed by atoms with Gasteiger partial charge in [0.25, 0.3) is 0 Å². The number of benzene rings is 1. The van der Waals surface area contributed by atoms with Crippen LogP contribution in [0.2, 0.25) is 0 Å². The van der Waals surface area contributed by atoms with Crippen molar-refractivity contribution in [3.8, 4) is 5.75 Å². The van der Waals surface area contributed by atoms with E-state index >= 15 is 0 Å². The Kier molecular flexibility index (Phi) is 4.92. The van der Waals surface area contributed by atoms with Crippen LogP contribution in [0.15, 0.2) is 35.1 Å². The standard InChI is InChI=1S/C15H16FNO5/c16-10-3-1-9(2-4-10)14(21)13-15(22)12(20)7-11(8-19)17(13)5-6-18/h1-4,7,14,18-19,21-22H,5-6,8H2. The summed E-state index contributed by atoms with van der Waals surface area (Å²) in [4.78, 5) is 11.8. The SMILES string of the molecule is O=c1cc(CO)n(CCO)c(C(O)c2ccc(F)cc2)c1O. The van der Waals surface area contributed by atoms with Crippen LogP contribution in [0.3, 0.4) is 0 Å². The average molecular weight is 309 g/mol. The minimum Gasteiger partial charge on any atom is -0.503 e. The zero-order valence-corrected chi connectivity index (χ0v) is 11.6. The minimum atomic E-state index is -1.41. The van der Waals surface area contributed by atoms with Gasteiger partial charge in [0.15, 0.2) is 5.75 Å². The van der Waals surface area contributed by atoms with Gasteiger partial charge in [0.1, 0.15) is 11.9 Å². The summed E-state index contributed by atoms with van der Waals surface area (Å²) >= 11 is 0. The van der Waals surface area contributed by atoms with E-state index in [1.165, 1.54) is 16.7 Å². The molecule has 0 fully saturated rings. The highest BCUT2D eigenvalue weighted by atomic mass is 19.1. The zero-order chi connectivity index (χ0) is 16.3. The Morgan fingerprint density at radius 2 is 1.82 bits per heavy atom. The van der Waals surface area contributed by atoms with Gasteiger partial charge in [-0.15, -0.1) is 0 Å². The Hall–Kier alpha value is -2.22. The molecule has 0 saturated carbocycles. The van der Waals surface area contributed by atoms with Gasteiger partial charge in [0, 0.05) is 18.3 Å². The summed E-state index contributed by atoms with van der Waals surface area (Å²) in [5.74, 6) is -1.17. The number of aliphatic hydroxyl groups is 3. The van der Waals surface area contributed by atoms with E-state index in [1.807, 2.05) is 0 Å². The number of rotatable bonds is 5. The molecule has 0 aliphatic heterocycles. The lowest BCUT2D eigenvalue weighted by Crippen LogP contribution is -2.22. The lowest BCUT2D eigenvalue weighted by Gasteiger charge is -2.22. The molecule has 22 heavy (non-hydrogen) atoms. The number of nitrogens with zero attached hydrogens (tertiary/aromatic N) is 1. The zero-order valence-electron chi connectivity index (χ0n) is 11.6. The minimum absolute atomic E-state index is 0.0304. The first-order valence-electron chi connectivity index (χ1n) is 6.60. The van der Waals surface area contributed by atoms with Crippen molar-refractivity contribution in [1.29, 1.82) is 0 Å². The number of hydrogen-bond acceptors (Lipinski definition) is 5. The first-order chi connectivity index (χ1) is 10.5. The molecule has 0 amide bonds. The van der Waals surface area contributed by atoms with Crippen LogP contribution < -0.4 is 5.43 Å². The van der Waals surface area contributed by atoms with Crippen molar-refractivity contribution >= 4 is 0 Å². The van der Waals surface area contributed by atoms with Gasteiger partial charge in [0.2, 0.25) is 5.43 Å². The summed E-state index contributed by atoms with van der Waals surface area (Å²) in [6.45, 7) is -0.853. The second-order valence-corrected chi connectivity index (χ2v) is 4.72. The molecule has 0 aliphatic rings. The van der Waals surface area contributed by atoms with Crippen molar-refractivity contribution in [3.63, 3.8) is 0 Å². The van der Waals surface area contributed by atoms with Crippen LogP contribution in [-0.2, 0) is 13.2 Å². The summed E-state index contributed by atoms with van der Waals surface area (Å²) in [5.41, 5.74) is -0.502. The van der Waals surface area contributed by atoms with E-state index in [9.17, 15) is 24.5 Å². The molecule has 0 spiro atoms. The Bertz CT molecular complexity index is 711. The first kappa shape index (κ1) is 16.2. The Morgan fingerprint density at radius 3 is 2.36 bits per heavy atom. The number of aliphatic hydroxyl groups excluding tert-OH is 3. The molecule has 118 valence electrons. The van der Waals surface area contributed by atoms with E-state index in [2.05, 4.69) is 0 Å². The quantitative estimate of drug-likeness (QED) is 0.634. The number of aromatic hydroxyl groups is 1. The molecule has 1 aromatic heterocycles. The summed E-state index contributed by atoms with van der Waals surface area (Å²) in [5, 5.41) is 38.8. The molecule has 0 saturated heterocycles. The molecule has 2 rings (SSSR count). The number of pyridine rings is 1. The highest BCUT2D eigenvalue weighted by Crippen LogP contribution is 2.28. The second-order valence-electron chi connectivity index (χ2n) is 4.72. The van der Waals surface area contributed by atoms with Crippen LogP contribution >= 0.6 is 0 Å². The van der Waals surface area contributed by atoms with Crippen LogP contribution in [0.1, 0.15) is 23.1 Å². The van der Waals surface area contributed by atoms with Crippen molar-refractivity contribution in [3.05, 3.63) is 63.3 Å². The number of hydrogen-bond donors (Lipinski definition) is 4. The first-order valence-corrected chi connectivity index (χ1v) is 6.60.